The number of hydrogen-bond donors (Lipinski definition) is 0. The van der Waals surface area contributed by atoms with Crippen molar-refractivity contribution in [2.45, 2.75) is 6.42 Å². The maximum atomic E-state index is 12.4. The zero-order chi connectivity index (χ0) is 19.1. The molecule has 5 heteroatoms. The van der Waals surface area contributed by atoms with Gasteiger partial charge in [0, 0.05) is 17.5 Å². The van der Waals surface area contributed by atoms with Crippen molar-refractivity contribution in [2.24, 2.45) is 0 Å². The monoisotopic (exact) mass is 364 g/mol. The van der Waals surface area contributed by atoms with E-state index in [0.717, 1.165) is 33.0 Å². The zero-order valence-electron chi connectivity index (χ0n) is 15.7. The Kier molecular flexibility index (Phi) is 4.15. The minimum Gasteiger partial charge on any atom is -0.493 e. The summed E-state index contributed by atoms with van der Waals surface area (Å²) >= 11 is 0. The summed E-state index contributed by atoms with van der Waals surface area (Å²) in [6.07, 6.45) is 0.458. The van der Waals surface area contributed by atoms with Crippen molar-refractivity contribution in [2.75, 3.05) is 28.4 Å². The van der Waals surface area contributed by atoms with Crippen molar-refractivity contribution in [3.8, 4) is 34.1 Å². The number of methoxy groups -OCH3 is 4. The molecule has 0 atom stereocenters. The van der Waals surface area contributed by atoms with Crippen molar-refractivity contribution >= 4 is 16.6 Å². The molecule has 0 unspecified atom stereocenters. The predicted molar refractivity (Wildman–Crippen MR) is 104 cm³/mol. The second-order valence-electron chi connectivity index (χ2n) is 6.38. The van der Waals surface area contributed by atoms with Gasteiger partial charge in [-0.25, -0.2) is 0 Å². The Labute approximate surface area is 157 Å². The minimum absolute atomic E-state index is 0.145. The third-order valence-corrected chi connectivity index (χ3v) is 5.03. The smallest absolute Gasteiger partial charge is 0.168 e. The summed E-state index contributed by atoms with van der Waals surface area (Å²) in [6.45, 7) is 0. The lowest BCUT2D eigenvalue weighted by Crippen LogP contribution is -2.20. The summed E-state index contributed by atoms with van der Waals surface area (Å²) in [5, 5.41) is 1.94. The van der Waals surface area contributed by atoms with Gasteiger partial charge < -0.3 is 18.9 Å². The van der Waals surface area contributed by atoms with Crippen LogP contribution in [0.25, 0.3) is 21.9 Å². The van der Waals surface area contributed by atoms with Crippen LogP contribution in [0.5, 0.6) is 23.0 Å². The summed E-state index contributed by atoms with van der Waals surface area (Å²) in [6, 6.07) is 11.6. The molecule has 0 aromatic heterocycles. The molecule has 4 rings (SSSR count). The van der Waals surface area contributed by atoms with E-state index in [4.69, 9.17) is 18.9 Å². The highest BCUT2D eigenvalue weighted by Gasteiger charge is 2.30. The van der Waals surface area contributed by atoms with Crippen LogP contribution in [0.2, 0.25) is 0 Å². The van der Waals surface area contributed by atoms with Crippen molar-refractivity contribution < 1.29 is 23.7 Å². The minimum atomic E-state index is 0.145. The van der Waals surface area contributed by atoms with E-state index >= 15 is 0 Å². The van der Waals surface area contributed by atoms with Gasteiger partial charge in [-0.2, -0.15) is 0 Å². The molecule has 0 spiro atoms. The van der Waals surface area contributed by atoms with E-state index in [-0.39, 0.29) is 5.78 Å². The SMILES string of the molecule is COc1ccc(-c2c3c(cc4cc(OC)c(OC)cc24)CC3=O)cc1OC. The maximum Gasteiger partial charge on any atom is 0.168 e. The van der Waals surface area contributed by atoms with Crippen LogP contribution in [0.15, 0.2) is 36.4 Å². The molecule has 0 bridgehead atoms. The normalized spacial score (nSPS) is 12.4. The van der Waals surface area contributed by atoms with Crippen molar-refractivity contribution in [3.63, 3.8) is 0 Å². The average molecular weight is 364 g/mol. The second-order valence-corrected chi connectivity index (χ2v) is 6.38. The molecule has 1 aliphatic rings. The van der Waals surface area contributed by atoms with Crippen LogP contribution in [0.3, 0.4) is 0 Å². The van der Waals surface area contributed by atoms with E-state index in [1.807, 2.05) is 30.3 Å². The van der Waals surface area contributed by atoms with Crippen LogP contribution >= 0.6 is 0 Å². The Morgan fingerprint density at radius 2 is 1.33 bits per heavy atom. The summed E-state index contributed by atoms with van der Waals surface area (Å²) < 4.78 is 21.7. The third-order valence-electron chi connectivity index (χ3n) is 5.03. The molecular weight excluding hydrogens is 344 g/mol. The summed E-state index contributed by atoms with van der Waals surface area (Å²) in [5.74, 6) is 2.69. The Morgan fingerprint density at radius 3 is 1.96 bits per heavy atom. The first-order valence-corrected chi connectivity index (χ1v) is 8.58. The van der Waals surface area contributed by atoms with Gasteiger partial charge in [-0.15, -0.1) is 0 Å². The molecule has 0 amide bonds. The Bertz CT molecular complexity index is 1070. The lowest BCUT2D eigenvalue weighted by Gasteiger charge is -2.24. The molecule has 0 N–H and O–H groups in total. The standard InChI is InChI=1S/C22H20O5/c1-24-17-6-5-12(9-18(17)25-2)21-15-11-20(27-4)19(26-3)10-13(15)7-14-8-16(23)22(14)21/h5-7,9-11H,8H2,1-4H3. The number of rotatable bonds is 5. The Morgan fingerprint density at radius 1 is 0.704 bits per heavy atom. The van der Waals surface area contributed by atoms with Gasteiger partial charge in [-0.3, -0.25) is 4.79 Å². The van der Waals surface area contributed by atoms with E-state index in [1.54, 1.807) is 28.4 Å². The highest BCUT2D eigenvalue weighted by atomic mass is 16.5. The molecule has 1 aliphatic carbocycles. The van der Waals surface area contributed by atoms with Crippen LogP contribution < -0.4 is 18.9 Å². The second kappa shape index (κ2) is 6.50. The Hall–Kier alpha value is -3.21. The fraction of sp³-hybridized carbons (Fsp3) is 0.227. The molecule has 3 aromatic carbocycles. The molecule has 0 fully saturated rings. The molecule has 0 heterocycles. The number of carbonyl (C=O) groups excluding carboxylic acids is 1. The number of fused-ring (bicyclic) bond motifs is 2. The fourth-order valence-corrected chi connectivity index (χ4v) is 3.69. The largest absolute Gasteiger partial charge is 0.493 e. The third kappa shape index (κ3) is 2.58. The molecule has 138 valence electrons. The number of ether oxygens (including phenoxy) is 4. The van der Waals surface area contributed by atoms with E-state index in [0.29, 0.717) is 29.4 Å². The highest BCUT2D eigenvalue weighted by molar-refractivity contribution is 6.18. The van der Waals surface area contributed by atoms with Gasteiger partial charge in [0.25, 0.3) is 0 Å². The van der Waals surface area contributed by atoms with Gasteiger partial charge in [-0.05, 0) is 52.2 Å². The van der Waals surface area contributed by atoms with Crippen LogP contribution in [0.1, 0.15) is 15.9 Å². The molecule has 0 aliphatic heterocycles. The first kappa shape index (κ1) is 17.2. The first-order chi connectivity index (χ1) is 13.1. The van der Waals surface area contributed by atoms with Gasteiger partial charge >= 0.3 is 0 Å². The van der Waals surface area contributed by atoms with Gasteiger partial charge in [0.2, 0.25) is 0 Å². The van der Waals surface area contributed by atoms with Gasteiger partial charge in [0.15, 0.2) is 28.8 Å². The summed E-state index contributed by atoms with van der Waals surface area (Å²) in [4.78, 5) is 12.4. The quantitative estimate of drug-likeness (QED) is 0.676. The lowest BCUT2D eigenvalue weighted by molar-refractivity contribution is 0.0969. The maximum absolute atomic E-state index is 12.4. The van der Waals surface area contributed by atoms with E-state index < -0.39 is 0 Å². The molecule has 27 heavy (non-hydrogen) atoms. The zero-order valence-corrected chi connectivity index (χ0v) is 15.7. The molecule has 5 nitrogen and oxygen atoms in total. The first-order valence-electron chi connectivity index (χ1n) is 8.58. The molecule has 0 saturated heterocycles. The highest BCUT2D eigenvalue weighted by Crippen LogP contribution is 2.45. The molecule has 0 radical (unpaired) electrons. The van der Waals surface area contributed by atoms with Gasteiger partial charge in [0.05, 0.1) is 28.4 Å². The lowest BCUT2D eigenvalue weighted by atomic mass is 9.78. The number of ketones is 1. The number of hydrogen-bond acceptors (Lipinski definition) is 5. The van der Waals surface area contributed by atoms with E-state index in [1.165, 1.54) is 0 Å². The Balaban J connectivity index is 2.05. The van der Waals surface area contributed by atoms with Crippen molar-refractivity contribution in [1.29, 1.82) is 0 Å². The van der Waals surface area contributed by atoms with Crippen LogP contribution in [-0.4, -0.2) is 34.2 Å². The number of benzene rings is 3. The van der Waals surface area contributed by atoms with Crippen LogP contribution in [0.4, 0.5) is 0 Å². The van der Waals surface area contributed by atoms with Gasteiger partial charge in [-0.1, -0.05) is 6.07 Å². The van der Waals surface area contributed by atoms with Gasteiger partial charge in [0.1, 0.15) is 0 Å². The summed E-state index contributed by atoms with van der Waals surface area (Å²) in [7, 11) is 6.42. The molecule has 0 saturated carbocycles. The predicted octanol–water partition coefficient (Wildman–Crippen LogP) is 4.28. The van der Waals surface area contributed by atoms with Crippen molar-refractivity contribution in [1.82, 2.24) is 0 Å². The fourth-order valence-electron chi connectivity index (χ4n) is 3.69. The molecule has 3 aromatic rings. The number of carbonyl (C=O) groups is 1. The van der Waals surface area contributed by atoms with E-state index in [9.17, 15) is 4.79 Å². The summed E-state index contributed by atoms with van der Waals surface area (Å²) in [5.41, 5.74) is 3.60. The average Bonchev–Trinajstić information content (AvgIpc) is 2.70. The number of Topliss-reactive ketones (excluding diaryl/α,β-unsaturated/α-hetero) is 1. The van der Waals surface area contributed by atoms with Crippen molar-refractivity contribution in [3.05, 3.63) is 47.5 Å². The molecular formula is C22H20O5. The van der Waals surface area contributed by atoms with Crippen LogP contribution in [0, 0.1) is 0 Å². The van der Waals surface area contributed by atoms with Crippen LogP contribution in [-0.2, 0) is 6.42 Å². The van der Waals surface area contributed by atoms with E-state index in [2.05, 4.69) is 6.07 Å². The topological polar surface area (TPSA) is 54.0 Å².